The second-order valence-electron chi connectivity index (χ2n) is 10.8. The molecule has 214 valence electrons. The molecule has 1 spiro atoms. The number of hydrogen-bond donors (Lipinski definition) is 3. The average Bonchev–Trinajstić information content (AvgIpc) is 3.38. The third-order valence-corrected chi connectivity index (χ3v) is 9.54. The quantitative estimate of drug-likeness (QED) is 0.286. The van der Waals surface area contributed by atoms with Gasteiger partial charge in [-0.1, -0.05) is 78.9 Å². The Labute approximate surface area is 244 Å². The molecule has 4 aromatic rings. The normalized spacial score (nSPS) is 16.3. The van der Waals surface area contributed by atoms with Crippen molar-refractivity contribution >= 4 is 38.4 Å². The van der Waals surface area contributed by atoms with Crippen molar-refractivity contribution in [2.75, 3.05) is 19.6 Å². The van der Waals surface area contributed by atoms with Crippen LogP contribution in [0.1, 0.15) is 44.7 Å². The number of nitrogens with zero attached hydrogens (tertiary/aromatic N) is 2. The van der Waals surface area contributed by atoms with Crippen LogP contribution >= 0.6 is 0 Å². The van der Waals surface area contributed by atoms with Crippen molar-refractivity contribution in [3.8, 4) is 0 Å². The van der Waals surface area contributed by atoms with E-state index in [2.05, 4.69) is 15.0 Å². The fraction of sp³-hybridized carbons (Fsp3) is 0.219. The number of carbonyl (C=O) groups excluding carboxylic acids is 2. The lowest BCUT2D eigenvalue weighted by Gasteiger charge is -2.39. The summed E-state index contributed by atoms with van der Waals surface area (Å²) in [5, 5.41) is 4.75. The maximum atomic E-state index is 13.5. The number of carbonyl (C=O) groups is 2. The summed E-state index contributed by atoms with van der Waals surface area (Å²) >= 11 is 0. The van der Waals surface area contributed by atoms with Crippen LogP contribution in [0.25, 0.3) is 10.8 Å². The molecule has 9 nitrogen and oxygen atoms in total. The third kappa shape index (κ3) is 5.38. The first-order valence-electron chi connectivity index (χ1n) is 13.8. The maximum absolute atomic E-state index is 13.5. The number of ketones is 1. The number of sulfonamides is 1. The maximum Gasteiger partial charge on any atom is 0.254 e. The molecule has 0 aliphatic carbocycles. The Bertz CT molecular complexity index is 1810. The smallest absolute Gasteiger partial charge is 0.254 e. The number of nitrogens with two attached hydrogens (primary N) is 1. The first-order chi connectivity index (χ1) is 20.2. The van der Waals surface area contributed by atoms with E-state index in [1.54, 1.807) is 71.6 Å². The van der Waals surface area contributed by atoms with Gasteiger partial charge in [-0.3, -0.25) is 14.6 Å². The van der Waals surface area contributed by atoms with Crippen molar-refractivity contribution < 1.29 is 18.0 Å². The first-order valence-corrected chi connectivity index (χ1v) is 15.3. The molecule has 4 N–H and O–H groups in total. The predicted molar refractivity (Wildman–Crippen MR) is 162 cm³/mol. The highest BCUT2D eigenvalue weighted by molar-refractivity contribution is 7.89. The fourth-order valence-electron chi connectivity index (χ4n) is 5.66. The van der Waals surface area contributed by atoms with Crippen LogP contribution in [-0.4, -0.2) is 56.1 Å². The molecule has 0 atom stereocenters. The summed E-state index contributed by atoms with van der Waals surface area (Å²) in [7, 11) is -3.77. The monoisotopic (exact) mass is 581 g/mol. The van der Waals surface area contributed by atoms with E-state index in [4.69, 9.17) is 5.73 Å². The van der Waals surface area contributed by atoms with Crippen LogP contribution < -0.4 is 15.8 Å². The van der Waals surface area contributed by atoms with Gasteiger partial charge in [0, 0.05) is 36.1 Å². The van der Waals surface area contributed by atoms with E-state index in [-0.39, 0.29) is 28.7 Å². The molecule has 0 unspecified atom stereocenters. The van der Waals surface area contributed by atoms with E-state index in [0.717, 1.165) is 18.2 Å². The third-order valence-electron chi connectivity index (χ3n) is 8.08. The number of benzene rings is 4. The van der Waals surface area contributed by atoms with Gasteiger partial charge in [-0.15, -0.1) is 0 Å². The highest BCUT2D eigenvalue weighted by Gasteiger charge is 2.39. The standard InChI is InChI=1S/C32H31N5O4S/c33-31-34-21-32(36-31)16-18-37(19-17-32)30(39)27-10-4-3-9-26(27)29(38)24-14-12-22(13-15-24)20-35-42(40,41)28-11-5-7-23-6-1-2-8-25(23)28/h1-15,35H,16-21H2,(H3,33,34,36). The van der Waals surface area contributed by atoms with Crippen LogP contribution in [0.4, 0.5) is 0 Å². The van der Waals surface area contributed by atoms with Crippen molar-refractivity contribution in [1.82, 2.24) is 14.9 Å². The van der Waals surface area contributed by atoms with Gasteiger partial charge in [0.2, 0.25) is 10.0 Å². The van der Waals surface area contributed by atoms with Crippen molar-refractivity contribution in [2.24, 2.45) is 10.7 Å². The average molecular weight is 582 g/mol. The van der Waals surface area contributed by atoms with Gasteiger partial charge in [-0.25, -0.2) is 13.1 Å². The highest BCUT2D eigenvalue weighted by Crippen LogP contribution is 2.27. The zero-order valence-electron chi connectivity index (χ0n) is 22.9. The summed E-state index contributed by atoms with van der Waals surface area (Å²) in [6.07, 6.45) is 1.45. The zero-order valence-corrected chi connectivity index (χ0v) is 23.7. The van der Waals surface area contributed by atoms with Gasteiger partial charge in [0.15, 0.2) is 11.7 Å². The van der Waals surface area contributed by atoms with E-state index in [1.807, 2.05) is 24.3 Å². The molecule has 42 heavy (non-hydrogen) atoms. The molecule has 2 aliphatic rings. The molecule has 0 radical (unpaired) electrons. The van der Waals surface area contributed by atoms with Crippen molar-refractivity contribution in [1.29, 1.82) is 0 Å². The summed E-state index contributed by atoms with van der Waals surface area (Å²) < 4.78 is 28.8. The molecule has 10 heteroatoms. The van der Waals surface area contributed by atoms with Gasteiger partial charge < -0.3 is 16.0 Å². The number of likely N-dealkylation sites (tertiary alicyclic amines) is 1. The molecule has 0 saturated carbocycles. The molecule has 0 bridgehead atoms. The van der Waals surface area contributed by atoms with Crippen LogP contribution in [0, 0.1) is 0 Å². The molecule has 1 fully saturated rings. The summed E-state index contributed by atoms with van der Waals surface area (Å²) in [6, 6.07) is 26.1. The second-order valence-corrected chi connectivity index (χ2v) is 12.5. The van der Waals surface area contributed by atoms with Crippen LogP contribution in [-0.2, 0) is 16.6 Å². The van der Waals surface area contributed by atoms with Crippen LogP contribution in [0.5, 0.6) is 0 Å². The number of fused-ring (bicyclic) bond motifs is 1. The van der Waals surface area contributed by atoms with Crippen molar-refractivity contribution in [3.05, 3.63) is 113 Å². The largest absolute Gasteiger partial charge is 0.370 e. The highest BCUT2D eigenvalue weighted by atomic mass is 32.2. The van der Waals surface area contributed by atoms with Crippen molar-refractivity contribution in [3.63, 3.8) is 0 Å². The Balaban J connectivity index is 1.13. The lowest BCUT2D eigenvalue weighted by atomic mass is 9.87. The van der Waals surface area contributed by atoms with E-state index >= 15 is 0 Å². The van der Waals surface area contributed by atoms with E-state index in [9.17, 15) is 18.0 Å². The lowest BCUT2D eigenvalue weighted by Crippen LogP contribution is -2.55. The molecule has 4 aromatic carbocycles. The van der Waals surface area contributed by atoms with Crippen molar-refractivity contribution in [2.45, 2.75) is 29.8 Å². The van der Waals surface area contributed by atoms with Gasteiger partial charge in [0.25, 0.3) is 5.91 Å². The molecule has 0 aromatic heterocycles. The Morgan fingerprint density at radius 2 is 1.55 bits per heavy atom. The zero-order chi connectivity index (χ0) is 29.3. The minimum atomic E-state index is -3.77. The van der Waals surface area contributed by atoms with Gasteiger partial charge >= 0.3 is 0 Å². The Morgan fingerprint density at radius 1 is 0.881 bits per heavy atom. The van der Waals surface area contributed by atoms with Gasteiger partial charge in [0.1, 0.15) is 0 Å². The number of hydrogen-bond acceptors (Lipinski definition) is 7. The van der Waals surface area contributed by atoms with Crippen LogP contribution in [0.2, 0.25) is 0 Å². The number of rotatable bonds is 7. The number of piperidine rings is 1. The van der Waals surface area contributed by atoms with Crippen LogP contribution in [0.3, 0.4) is 0 Å². The van der Waals surface area contributed by atoms with E-state index in [1.165, 1.54) is 0 Å². The minimum Gasteiger partial charge on any atom is -0.370 e. The lowest BCUT2D eigenvalue weighted by molar-refractivity contribution is 0.0665. The Morgan fingerprint density at radius 3 is 2.26 bits per heavy atom. The Kier molecular flexibility index (Phi) is 7.26. The molecule has 1 saturated heterocycles. The van der Waals surface area contributed by atoms with Gasteiger partial charge in [-0.05, 0) is 35.9 Å². The van der Waals surface area contributed by atoms with Gasteiger partial charge in [0.05, 0.1) is 22.5 Å². The number of amides is 1. The minimum absolute atomic E-state index is 0.0666. The number of nitrogens with one attached hydrogen (secondary N) is 2. The van der Waals surface area contributed by atoms with E-state index in [0.29, 0.717) is 53.2 Å². The van der Waals surface area contributed by atoms with Gasteiger partial charge in [-0.2, -0.15) is 0 Å². The molecule has 2 heterocycles. The summed E-state index contributed by atoms with van der Waals surface area (Å²) in [6.45, 7) is 1.76. The van der Waals surface area contributed by atoms with Crippen LogP contribution in [0.15, 0.2) is 101 Å². The summed E-state index contributed by atoms with van der Waals surface area (Å²) in [4.78, 5) is 33.3. The molecule has 6 rings (SSSR count). The summed E-state index contributed by atoms with van der Waals surface area (Å²) in [5.41, 5.74) is 7.43. The van der Waals surface area contributed by atoms with E-state index < -0.39 is 10.0 Å². The number of guanidine groups is 1. The first kappa shape index (κ1) is 27.6. The number of aliphatic imine (C=N–C) groups is 1. The fourth-order valence-corrected chi connectivity index (χ4v) is 6.91. The molecule has 1 amide bonds. The topological polar surface area (TPSA) is 134 Å². The molecular weight excluding hydrogens is 550 g/mol. The Hall–Kier alpha value is -4.54. The second kappa shape index (κ2) is 11.0. The summed E-state index contributed by atoms with van der Waals surface area (Å²) in [5.74, 6) is -0.00643. The molecular formula is C32H31N5O4S. The molecule has 2 aliphatic heterocycles. The predicted octanol–water partition coefficient (Wildman–Crippen LogP) is 3.44. The SMILES string of the molecule is NC1=NCC2(CCN(C(=O)c3ccccc3C(=O)c3ccc(CNS(=O)(=O)c4cccc5ccccc45)cc3)CC2)N1.